The normalized spacial score (nSPS) is 10.5. The van der Waals surface area contributed by atoms with Crippen LogP contribution in [0.25, 0.3) is 0 Å². The summed E-state index contributed by atoms with van der Waals surface area (Å²) in [7, 11) is 0. The van der Waals surface area contributed by atoms with Crippen molar-refractivity contribution in [3.05, 3.63) is 70.8 Å². The number of carbonyl (C=O) groups is 1. The van der Waals surface area contributed by atoms with E-state index in [2.05, 4.69) is 5.32 Å². The molecule has 22 heavy (non-hydrogen) atoms. The van der Waals surface area contributed by atoms with Crippen LogP contribution >= 0.6 is 0 Å². The zero-order chi connectivity index (χ0) is 15.8. The Morgan fingerprint density at radius 1 is 1.09 bits per heavy atom. The number of nitrogens with two attached hydrogens (primary N) is 1. The Morgan fingerprint density at radius 3 is 2.41 bits per heavy atom. The summed E-state index contributed by atoms with van der Waals surface area (Å²) < 4.78 is 5.45. The van der Waals surface area contributed by atoms with Crippen LogP contribution in [0.2, 0.25) is 0 Å². The first kappa shape index (κ1) is 16.2. The Labute approximate surface area is 131 Å². The van der Waals surface area contributed by atoms with Gasteiger partial charge in [-0.05, 0) is 35.7 Å². The van der Waals surface area contributed by atoms with E-state index in [1.165, 1.54) is 0 Å². The molecule has 1 amide bonds. The van der Waals surface area contributed by atoms with Gasteiger partial charge in [0.25, 0.3) is 5.91 Å². The first-order valence-electron chi connectivity index (χ1n) is 7.46. The minimum absolute atomic E-state index is 0.0882. The quantitative estimate of drug-likeness (QED) is 0.826. The lowest BCUT2D eigenvalue weighted by Crippen LogP contribution is -2.23. The zero-order valence-electron chi connectivity index (χ0n) is 12.8. The minimum Gasteiger partial charge on any atom is -0.377 e. The highest BCUT2D eigenvalue weighted by Gasteiger charge is 2.07. The number of nitrogens with one attached hydrogen (secondary N) is 1. The number of benzene rings is 2. The van der Waals surface area contributed by atoms with Crippen molar-refractivity contribution < 1.29 is 9.53 Å². The smallest absolute Gasteiger partial charge is 0.251 e. The predicted molar refractivity (Wildman–Crippen MR) is 87.3 cm³/mol. The second-order valence-corrected chi connectivity index (χ2v) is 4.99. The van der Waals surface area contributed by atoms with Crippen molar-refractivity contribution in [1.29, 1.82) is 0 Å². The van der Waals surface area contributed by atoms with Gasteiger partial charge in [0, 0.05) is 25.3 Å². The molecule has 0 aliphatic rings. The van der Waals surface area contributed by atoms with E-state index < -0.39 is 0 Å². The second-order valence-electron chi connectivity index (χ2n) is 4.99. The van der Waals surface area contributed by atoms with Crippen LogP contribution in [0.1, 0.15) is 34.0 Å². The van der Waals surface area contributed by atoms with Crippen LogP contribution in [0.3, 0.4) is 0 Å². The van der Waals surface area contributed by atoms with Crippen LogP contribution in [-0.2, 0) is 24.4 Å². The lowest BCUT2D eigenvalue weighted by atomic mass is 10.1. The first-order chi connectivity index (χ1) is 10.7. The minimum atomic E-state index is -0.0882. The topological polar surface area (TPSA) is 64.3 Å². The Morgan fingerprint density at radius 2 is 1.77 bits per heavy atom. The molecule has 4 nitrogen and oxygen atoms in total. The number of amides is 1. The molecule has 0 aliphatic heterocycles. The van der Waals surface area contributed by atoms with E-state index in [9.17, 15) is 4.79 Å². The summed E-state index contributed by atoms with van der Waals surface area (Å²) >= 11 is 0. The molecule has 0 radical (unpaired) electrons. The lowest BCUT2D eigenvalue weighted by Gasteiger charge is -2.11. The van der Waals surface area contributed by atoms with Crippen molar-refractivity contribution >= 4 is 5.91 Å². The summed E-state index contributed by atoms with van der Waals surface area (Å²) in [5.41, 5.74) is 9.38. The van der Waals surface area contributed by atoms with Crippen molar-refractivity contribution in [3.8, 4) is 0 Å². The maximum atomic E-state index is 12.2. The lowest BCUT2D eigenvalue weighted by molar-refractivity contribution is 0.0950. The third-order valence-electron chi connectivity index (χ3n) is 3.47. The van der Waals surface area contributed by atoms with E-state index in [4.69, 9.17) is 10.5 Å². The standard InChI is InChI=1S/C18H22N2O2/c1-2-22-13-17-6-4-3-5-16(17)12-20-18(21)15-9-7-14(11-19)8-10-15/h3-10H,2,11-13,19H2,1H3,(H,20,21). The zero-order valence-corrected chi connectivity index (χ0v) is 12.8. The summed E-state index contributed by atoms with van der Waals surface area (Å²) in [5.74, 6) is -0.0882. The molecule has 0 saturated heterocycles. The molecule has 0 aliphatic carbocycles. The third kappa shape index (κ3) is 4.41. The average Bonchev–Trinajstić information content (AvgIpc) is 2.58. The number of hydrogen-bond donors (Lipinski definition) is 2. The van der Waals surface area contributed by atoms with Crippen LogP contribution < -0.4 is 11.1 Å². The van der Waals surface area contributed by atoms with Gasteiger partial charge in [0.2, 0.25) is 0 Å². The van der Waals surface area contributed by atoms with Crippen molar-refractivity contribution in [2.24, 2.45) is 5.73 Å². The van der Waals surface area contributed by atoms with Gasteiger partial charge in [0.15, 0.2) is 0 Å². The van der Waals surface area contributed by atoms with Gasteiger partial charge in [-0.2, -0.15) is 0 Å². The Kier molecular flexibility index (Phi) is 6.13. The molecule has 116 valence electrons. The van der Waals surface area contributed by atoms with Gasteiger partial charge >= 0.3 is 0 Å². The van der Waals surface area contributed by atoms with E-state index in [-0.39, 0.29) is 5.91 Å². The summed E-state index contributed by atoms with van der Waals surface area (Å²) in [6.07, 6.45) is 0. The van der Waals surface area contributed by atoms with Gasteiger partial charge in [-0.15, -0.1) is 0 Å². The number of rotatable bonds is 7. The van der Waals surface area contributed by atoms with Gasteiger partial charge in [0.1, 0.15) is 0 Å². The molecule has 4 heteroatoms. The van der Waals surface area contributed by atoms with Crippen molar-refractivity contribution in [3.63, 3.8) is 0 Å². The van der Waals surface area contributed by atoms with E-state index >= 15 is 0 Å². The highest BCUT2D eigenvalue weighted by Crippen LogP contribution is 2.11. The summed E-state index contributed by atoms with van der Waals surface area (Å²) in [6.45, 7) is 4.17. The predicted octanol–water partition coefficient (Wildman–Crippen LogP) is 2.61. The van der Waals surface area contributed by atoms with Gasteiger partial charge in [0.05, 0.1) is 6.61 Å². The number of ether oxygens (including phenoxy) is 1. The average molecular weight is 298 g/mol. The Hall–Kier alpha value is -2.17. The van der Waals surface area contributed by atoms with E-state index in [1.807, 2.05) is 43.3 Å². The molecule has 3 N–H and O–H groups in total. The number of hydrogen-bond acceptors (Lipinski definition) is 3. The molecule has 0 atom stereocenters. The molecule has 0 heterocycles. The summed E-state index contributed by atoms with van der Waals surface area (Å²) in [6, 6.07) is 15.3. The second kappa shape index (κ2) is 8.32. The summed E-state index contributed by atoms with van der Waals surface area (Å²) in [5, 5.41) is 2.94. The fourth-order valence-corrected chi connectivity index (χ4v) is 2.15. The van der Waals surface area contributed by atoms with Crippen LogP contribution in [0, 0.1) is 0 Å². The van der Waals surface area contributed by atoms with Crippen LogP contribution in [-0.4, -0.2) is 12.5 Å². The van der Waals surface area contributed by atoms with Gasteiger partial charge < -0.3 is 15.8 Å². The summed E-state index contributed by atoms with van der Waals surface area (Å²) in [4.78, 5) is 12.2. The highest BCUT2D eigenvalue weighted by molar-refractivity contribution is 5.94. The molecule has 2 aromatic rings. The molecule has 0 aromatic heterocycles. The van der Waals surface area contributed by atoms with Crippen molar-refractivity contribution in [2.75, 3.05) is 6.61 Å². The molecular formula is C18H22N2O2. The maximum absolute atomic E-state index is 12.2. The fraction of sp³-hybridized carbons (Fsp3) is 0.278. The van der Waals surface area contributed by atoms with Gasteiger partial charge in [-0.1, -0.05) is 36.4 Å². The first-order valence-corrected chi connectivity index (χ1v) is 7.46. The van der Waals surface area contributed by atoms with E-state index in [0.717, 1.165) is 16.7 Å². The van der Waals surface area contributed by atoms with Gasteiger partial charge in [-0.3, -0.25) is 4.79 Å². The Bertz CT molecular complexity index is 609. The van der Waals surface area contributed by atoms with Crippen molar-refractivity contribution in [2.45, 2.75) is 26.6 Å². The fourth-order valence-electron chi connectivity index (χ4n) is 2.15. The van der Waals surface area contributed by atoms with Gasteiger partial charge in [-0.25, -0.2) is 0 Å². The van der Waals surface area contributed by atoms with Crippen LogP contribution in [0.4, 0.5) is 0 Å². The molecule has 0 saturated carbocycles. The monoisotopic (exact) mass is 298 g/mol. The number of carbonyl (C=O) groups excluding carboxylic acids is 1. The molecule has 2 aromatic carbocycles. The molecule has 0 unspecified atom stereocenters. The van der Waals surface area contributed by atoms with Crippen LogP contribution in [0.5, 0.6) is 0 Å². The third-order valence-corrected chi connectivity index (χ3v) is 3.47. The molecular weight excluding hydrogens is 276 g/mol. The molecule has 2 rings (SSSR count). The van der Waals surface area contributed by atoms with Crippen molar-refractivity contribution in [1.82, 2.24) is 5.32 Å². The largest absolute Gasteiger partial charge is 0.377 e. The highest BCUT2D eigenvalue weighted by atomic mass is 16.5. The molecule has 0 bridgehead atoms. The molecule has 0 fully saturated rings. The van der Waals surface area contributed by atoms with E-state index in [0.29, 0.717) is 31.9 Å². The molecule has 0 spiro atoms. The van der Waals surface area contributed by atoms with E-state index in [1.54, 1.807) is 12.1 Å². The maximum Gasteiger partial charge on any atom is 0.251 e. The Balaban J connectivity index is 1.98. The SMILES string of the molecule is CCOCc1ccccc1CNC(=O)c1ccc(CN)cc1. The van der Waals surface area contributed by atoms with Crippen LogP contribution in [0.15, 0.2) is 48.5 Å².